The van der Waals surface area contributed by atoms with E-state index >= 15 is 0 Å². The summed E-state index contributed by atoms with van der Waals surface area (Å²) in [4.78, 5) is 28.7. The SMILES string of the molecule is Cl.O=C(O)C1CSC(Nc2c[nH]ccc2=O)=N1. The van der Waals surface area contributed by atoms with Crippen LogP contribution in [0.2, 0.25) is 0 Å². The van der Waals surface area contributed by atoms with Gasteiger partial charge in [0.05, 0.1) is 0 Å². The van der Waals surface area contributed by atoms with E-state index in [1.807, 2.05) is 0 Å². The minimum Gasteiger partial charge on any atom is -0.480 e. The van der Waals surface area contributed by atoms with Gasteiger partial charge in [-0.1, -0.05) is 11.8 Å². The molecule has 1 aromatic rings. The number of rotatable bonds is 2. The largest absolute Gasteiger partial charge is 0.480 e. The number of nitrogens with zero attached hydrogens (tertiary/aromatic N) is 1. The van der Waals surface area contributed by atoms with E-state index in [4.69, 9.17) is 5.11 Å². The first kappa shape index (κ1) is 13.6. The summed E-state index contributed by atoms with van der Waals surface area (Å²) in [6, 6.07) is 0.660. The zero-order valence-electron chi connectivity index (χ0n) is 8.54. The summed E-state index contributed by atoms with van der Waals surface area (Å²) in [5.41, 5.74) is 0.195. The highest BCUT2D eigenvalue weighted by Crippen LogP contribution is 2.18. The Bertz CT molecular complexity index is 502. The maximum atomic E-state index is 11.4. The molecule has 3 N–H and O–H groups in total. The second-order valence-corrected chi connectivity index (χ2v) is 4.16. The molecule has 2 heterocycles. The summed E-state index contributed by atoms with van der Waals surface area (Å²) >= 11 is 1.29. The molecule has 8 heteroatoms. The van der Waals surface area contributed by atoms with Crippen molar-refractivity contribution in [3.63, 3.8) is 0 Å². The molecule has 2 rings (SSSR count). The van der Waals surface area contributed by atoms with Crippen LogP contribution in [0.25, 0.3) is 0 Å². The number of carboxylic acids is 1. The standard InChI is InChI=1S/C9H9N3O3S.ClH/c13-7-1-2-10-3-5(7)11-9-12-6(4-16-9)8(14)15;/h1-3,6H,4H2,(H,10,13)(H,11,12)(H,14,15);1H. The minimum absolute atomic E-state index is 0. The monoisotopic (exact) mass is 275 g/mol. The number of nitrogens with one attached hydrogen (secondary N) is 2. The van der Waals surface area contributed by atoms with Gasteiger partial charge in [-0.15, -0.1) is 12.4 Å². The van der Waals surface area contributed by atoms with Crippen molar-refractivity contribution in [3.8, 4) is 0 Å². The average Bonchev–Trinajstić information content (AvgIpc) is 2.70. The third-order valence-corrected chi connectivity index (χ3v) is 2.97. The maximum absolute atomic E-state index is 11.4. The second-order valence-electron chi connectivity index (χ2n) is 3.15. The molecule has 1 unspecified atom stereocenters. The zero-order valence-corrected chi connectivity index (χ0v) is 10.2. The first-order chi connectivity index (χ1) is 7.66. The molecule has 0 saturated carbocycles. The molecular formula is C9H10ClN3O3S. The average molecular weight is 276 g/mol. The Morgan fingerprint density at radius 1 is 1.65 bits per heavy atom. The van der Waals surface area contributed by atoms with Gasteiger partial charge in [-0.05, 0) is 0 Å². The normalized spacial score (nSPS) is 18.1. The van der Waals surface area contributed by atoms with Gasteiger partial charge in [-0.25, -0.2) is 9.79 Å². The lowest BCUT2D eigenvalue weighted by atomic mass is 10.4. The van der Waals surface area contributed by atoms with Crippen LogP contribution in [0.1, 0.15) is 0 Å². The number of H-pyrrole nitrogens is 1. The first-order valence-corrected chi connectivity index (χ1v) is 5.53. The quantitative estimate of drug-likeness (QED) is 0.741. The number of amidine groups is 1. The number of pyridine rings is 1. The van der Waals surface area contributed by atoms with Gasteiger partial charge in [-0.2, -0.15) is 0 Å². The number of carboxylic acid groups (broad SMARTS) is 1. The van der Waals surface area contributed by atoms with Crippen LogP contribution in [0.4, 0.5) is 5.69 Å². The molecule has 1 aliphatic heterocycles. The molecule has 0 radical (unpaired) electrons. The first-order valence-electron chi connectivity index (χ1n) is 4.54. The Labute approximate surface area is 107 Å². The highest BCUT2D eigenvalue weighted by molar-refractivity contribution is 8.14. The van der Waals surface area contributed by atoms with Crippen LogP contribution in [0.3, 0.4) is 0 Å². The molecule has 1 aliphatic rings. The van der Waals surface area contributed by atoms with Crippen LogP contribution < -0.4 is 10.7 Å². The Hall–Kier alpha value is -1.47. The van der Waals surface area contributed by atoms with Gasteiger partial charge >= 0.3 is 5.97 Å². The predicted octanol–water partition coefficient (Wildman–Crippen LogP) is 0.765. The predicted molar refractivity (Wildman–Crippen MR) is 69.3 cm³/mol. The Balaban J connectivity index is 0.00000144. The number of aromatic nitrogens is 1. The van der Waals surface area contributed by atoms with E-state index in [9.17, 15) is 9.59 Å². The van der Waals surface area contributed by atoms with Crippen molar-refractivity contribution in [3.05, 3.63) is 28.7 Å². The molecule has 0 spiro atoms. The number of aromatic amines is 1. The summed E-state index contributed by atoms with van der Waals surface area (Å²) in [7, 11) is 0. The number of halogens is 1. The van der Waals surface area contributed by atoms with Gasteiger partial charge in [-0.3, -0.25) is 4.79 Å². The summed E-state index contributed by atoms with van der Waals surface area (Å²) in [6.07, 6.45) is 3.04. The number of hydrogen-bond donors (Lipinski definition) is 3. The van der Waals surface area contributed by atoms with Crippen LogP contribution in [0.15, 0.2) is 28.2 Å². The molecule has 17 heavy (non-hydrogen) atoms. The van der Waals surface area contributed by atoms with Crippen molar-refractivity contribution in [2.75, 3.05) is 11.1 Å². The van der Waals surface area contributed by atoms with Crippen LogP contribution in [-0.2, 0) is 4.79 Å². The van der Waals surface area contributed by atoms with Crippen molar-refractivity contribution in [2.24, 2.45) is 4.99 Å². The smallest absolute Gasteiger partial charge is 0.329 e. The molecule has 0 aliphatic carbocycles. The van der Waals surface area contributed by atoms with Crippen molar-refractivity contribution >= 4 is 41.0 Å². The summed E-state index contributed by atoms with van der Waals surface area (Å²) in [6.45, 7) is 0. The van der Waals surface area contributed by atoms with E-state index in [-0.39, 0.29) is 17.8 Å². The molecule has 0 fully saturated rings. The van der Waals surface area contributed by atoms with Gasteiger partial charge in [0, 0.05) is 24.2 Å². The molecule has 92 valence electrons. The fraction of sp³-hybridized carbons (Fsp3) is 0.222. The third kappa shape index (κ3) is 3.24. The van der Waals surface area contributed by atoms with E-state index in [1.165, 1.54) is 30.2 Å². The van der Waals surface area contributed by atoms with E-state index in [0.717, 1.165) is 0 Å². The van der Waals surface area contributed by atoms with Crippen LogP contribution in [0.5, 0.6) is 0 Å². The van der Waals surface area contributed by atoms with Gasteiger partial charge in [0.15, 0.2) is 11.2 Å². The van der Waals surface area contributed by atoms with Gasteiger partial charge in [0.2, 0.25) is 5.43 Å². The van der Waals surface area contributed by atoms with Crippen LogP contribution in [-0.4, -0.2) is 33.0 Å². The number of hydrogen-bond acceptors (Lipinski definition) is 5. The fourth-order valence-electron chi connectivity index (χ4n) is 1.20. The molecular weight excluding hydrogens is 266 g/mol. The molecule has 6 nitrogen and oxygen atoms in total. The number of thioether (sulfide) groups is 1. The molecule has 1 aromatic heterocycles. The van der Waals surface area contributed by atoms with E-state index < -0.39 is 12.0 Å². The van der Waals surface area contributed by atoms with Crippen molar-refractivity contribution < 1.29 is 9.90 Å². The molecule has 0 aromatic carbocycles. The lowest BCUT2D eigenvalue weighted by Gasteiger charge is -2.02. The Kier molecular flexibility index (Phi) is 4.59. The minimum atomic E-state index is -0.953. The van der Waals surface area contributed by atoms with Crippen LogP contribution >= 0.6 is 24.2 Å². The third-order valence-electron chi connectivity index (χ3n) is 2.00. The van der Waals surface area contributed by atoms with E-state index in [0.29, 0.717) is 16.6 Å². The van der Waals surface area contributed by atoms with Gasteiger partial charge in [0.1, 0.15) is 5.69 Å². The lowest BCUT2D eigenvalue weighted by molar-refractivity contribution is -0.137. The Morgan fingerprint density at radius 2 is 2.41 bits per heavy atom. The van der Waals surface area contributed by atoms with E-state index in [2.05, 4.69) is 15.3 Å². The topological polar surface area (TPSA) is 94.5 Å². The number of anilines is 1. The van der Waals surface area contributed by atoms with E-state index in [1.54, 1.807) is 0 Å². The highest BCUT2D eigenvalue weighted by Gasteiger charge is 2.24. The van der Waals surface area contributed by atoms with Crippen LogP contribution in [0, 0.1) is 0 Å². The number of carbonyl (C=O) groups is 1. The van der Waals surface area contributed by atoms with Gasteiger partial charge < -0.3 is 15.4 Å². The molecule has 0 amide bonds. The molecule has 0 bridgehead atoms. The lowest BCUT2D eigenvalue weighted by Crippen LogP contribution is -2.17. The zero-order chi connectivity index (χ0) is 11.5. The van der Waals surface area contributed by atoms with Crippen molar-refractivity contribution in [1.29, 1.82) is 0 Å². The van der Waals surface area contributed by atoms with Crippen molar-refractivity contribution in [1.82, 2.24) is 4.98 Å². The number of aliphatic carboxylic acids is 1. The summed E-state index contributed by atoms with van der Waals surface area (Å²) in [5, 5.41) is 12.0. The van der Waals surface area contributed by atoms with Gasteiger partial charge in [0.25, 0.3) is 0 Å². The van der Waals surface area contributed by atoms with Crippen molar-refractivity contribution in [2.45, 2.75) is 6.04 Å². The highest BCUT2D eigenvalue weighted by atomic mass is 35.5. The number of aliphatic imine (C=N–C) groups is 1. The Morgan fingerprint density at radius 3 is 3.00 bits per heavy atom. The maximum Gasteiger partial charge on any atom is 0.329 e. The summed E-state index contributed by atoms with van der Waals surface area (Å²) < 4.78 is 0. The fourth-order valence-corrected chi connectivity index (χ4v) is 2.11. The second kappa shape index (κ2) is 5.74. The summed E-state index contributed by atoms with van der Waals surface area (Å²) in [5.74, 6) is -0.561. The molecule has 1 atom stereocenters. The molecule has 0 saturated heterocycles.